The lowest BCUT2D eigenvalue weighted by atomic mass is 10.1. The number of carboxylic acids is 2. The number of hydrogen-bond acceptors (Lipinski definition) is 26. The zero-order valence-corrected chi connectivity index (χ0v) is 59.9. The molecule has 99 heavy (non-hydrogen) atoms. The minimum Gasteiger partial charge on any atom is -0.477 e. The number of carbonyl (C=O) groups is 4. The van der Waals surface area contributed by atoms with Crippen molar-refractivity contribution in [3.8, 4) is 42.8 Å². The number of benzene rings is 4. The van der Waals surface area contributed by atoms with Crippen molar-refractivity contribution in [1.29, 1.82) is 0 Å². The van der Waals surface area contributed by atoms with Gasteiger partial charge in [-0.25, -0.2) is 79.0 Å². The largest absolute Gasteiger partial charge is 0.477 e. The molecular weight excluding hydrogens is 1330 g/mol. The smallest absolute Gasteiger partial charge is 0.357 e. The van der Waals surface area contributed by atoms with E-state index in [1.807, 2.05) is 111 Å². The van der Waals surface area contributed by atoms with Gasteiger partial charge in [0.2, 0.25) is 23.8 Å². The molecule has 4 aromatic carbocycles. The van der Waals surface area contributed by atoms with Gasteiger partial charge >= 0.3 is 23.9 Å². The average molecular weight is 1400 g/mol. The number of hydrogen-bond donors (Lipinski definition) is 6. The molecule has 0 aliphatic rings. The highest BCUT2D eigenvalue weighted by molar-refractivity contribution is 7.17. The number of thiazole rings is 4. The van der Waals surface area contributed by atoms with Crippen LogP contribution in [0, 0.1) is 76.2 Å². The number of anilines is 8. The molecule has 8 aromatic heterocycles. The van der Waals surface area contributed by atoms with Crippen molar-refractivity contribution in [3.05, 3.63) is 209 Å². The first-order valence-electron chi connectivity index (χ1n) is 30.6. The first-order valence-corrected chi connectivity index (χ1v) is 33.9. The van der Waals surface area contributed by atoms with Crippen molar-refractivity contribution < 1.29 is 38.9 Å². The van der Waals surface area contributed by atoms with E-state index in [2.05, 4.69) is 105 Å². The van der Waals surface area contributed by atoms with Crippen molar-refractivity contribution in [2.45, 2.75) is 89.5 Å². The van der Waals surface area contributed by atoms with E-state index >= 15 is 0 Å². The number of aromatic carboxylic acids is 2. The number of aromatic nitrogens is 12. The van der Waals surface area contributed by atoms with E-state index in [1.165, 1.54) is 59.4 Å². The number of nitrogens with one attached hydrogen (secondary N) is 4. The molecule has 28 heteroatoms. The van der Waals surface area contributed by atoms with Crippen LogP contribution in [0.3, 0.4) is 0 Å². The van der Waals surface area contributed by atoms with Gasteiger partial charge in [-0.05, 0) is 200 Å². The number of methoxy groups -OCH3 is 2. The number of aryl methyl sites for hydroxylation is 12. The molecule has 0 aliphatic carbocycles. The minimum atomic E-state index is -1.03. The topological polar surface area (TPSA) is 330 Å². The SMILES string of the molecule is CCc1sc(-c2ccnc(Nc3cc(C)cc(C)c3)n2)nc1C(=O)OC.COC(=O)c1sc(-c2ccnc(Nc3cc(C)cc(C)c3)n2)nc1C.Cc1cc(C)cc(Nc2nccc(-c3nc(C(=O)O)c(C)s3)n2)c1.Cc1cc(C)cc(Nc2nccc(-c3nc(C)c(C(=O)O)s3)n2)c1. The van der Waals surface area contributed by atoms with Gasteiger partial charge in [0, 0.05) is 57.3 Å². The molecule has 8 heterocycles. The highest BCUT2D eigenvalue weighted by Crippen LogP contribution is 2.33. The van der Waals surface area contributed by atoms with Gasteiger partial charge in [0.15, 0.2) is 11.4 Å². The molecule has 24 nitrogen and oxygen atoms in total. The van der Waals surface area contributed by atoms with E-state index < -0.39 is 17.9 Å². The van der Waals surface area contributed by atoms with E-state index in [0.717, 1.165) is 72.3 Å². The molecule has 506 valence electrons. The summed E-state index contributed by atoms with van der Waals surface area (Å²) >= 11 is 5.13. The van der Waals surface area contributed by atoms with Crippen LogP contribution >= 0.6 is 45.3 Å². The Morgan fingerprint density at radius 3 is 0.970 bits per heavy atom. The number of carboxylic acid groups (broad SMARTS) is 2. The Morgan fingerprint density at radius 2 is 0.677 bits per heavy atom. The Kier molecular flexibility index (Phi) is 23.8. The predicted octanol–water partition coefficient (Wildman–Crippen LogP) is 16.3. The van der Waals surface area contributed by atoms with Crippen molar-refractivity contribution in [3.63, 3.8) is 0 Å². The van der Waals surface area contributed by atoms with E-state index in [4.69, 9.17) is 19.7 Å². The standard InChI is InChI=1S/C19H20N4O2S.C18H18N4O2S.2C17H16N4O2S/c1-5-15-16(18(24)25-4)23-17(26-15)14-6-7-20-19(22-14)21-13-9-11(2)8-12(3)10-13;1-10-7-11(2)9-13(8-10)21-18-19-6-5-14(22-18)16-20-12(3)15(25-16)17(23)24-4;1-9-6-10(2)8-12(7-9)19-17-18-5-4-13(20-17)15-21-14(16(22)23)11(3)24-15;1-9-6-10(2)8-12(7-9)20-17-18-5-4-13(21-17)15-19-11(3)14(24-15)16(22)23/h6-10H,5H2,1-4H3,(H,20,21,22);5-9H,1-4H3,(H,19,21,22);4-8H,1-3H3,(H,22,23)(H,18,19,20);4-8H,1-3H3,(H,22,23)(H,18,20,21). The molecule has 0 unspecified atom stereocenters. The molecule has 0 spiro atoms. The lowest BCUT2D eigenvalue weighted by Gasteiger charge is -2.07. The third-order valence-electron chi connectivity index (χ3n) is 14.0. The Hall–Kier alpha value is -11.2. The highest BCUT2D eigenvalue weighted by Gasteiger charge is 2.22. The van der Waals surface area contributed by atoms with Crippen LogP contribution in [0.2, 0.25) is 0 Å². The number of nitrogens with zero attached hydrogens (tertiary/aromatic N) is 12. The van der Waals surface area contributed by atoms with E-state index in [0.29, 0.717) is 99.9 Å². The maximum absolute atomic E-state index is 11.9. The maximum atomic E-state index is 11.9. The maximum Gasteiger partial charge on any atom is 0.357 e. The fraction of sp³-hybridized carbons (Fsp3) is 0.211. The number of ether oxygens (including phenoxy) is 2. The van der Waals surface area contributed by atoms with Crippen LogP contribution in [0.4, 0.5) is 46.5 Å². The van der Waals surface area contributed by atoms with Gasteiger partial charge in [-0.15, -0.1) is 45.3 Å². The lowest BCUT2D eigenvalue weighted by Crippen LogP contribution is -2.04. The quantitative estimate of drug-likeness (QED) is 0.0461. The van der Waals surface area contributed by atoms with Gasteiger partial charge < -0.3 is 41.0 Å². The number of esters is 2. The molecule has 12 aromatic rings. The van der Waals surface area contributed by atoms with E-state index in [1.54, 1.807) is 69.8 Å². The second-order valence-corrected chi connectivity index (χ2v) is 26.9. The lowest BCUT2D eigenvalue weighted by molar-refractivity contribution is 0.0588. The van der Waals surface area contributed by atoms with Crippen molar-refractivity contribution in [1.82, 2.24) is 59.8 Å². The Bertz CT molecular complexity index is 4720. The monoisotopic (exact) mass is 1400 g/mol. The van der Waals surface area contributed by atoms with Crippen LogP contribution in [0.5, 0.6) is 0 Å². The third-order valence-corrected chi connectivity index (χ3v) is 18.5. The normalized spacial score (nSPS) is 10.6. The van der Waals surface area contributed by atoms with Crippen LogP contribution in [0.15, 0.2) is 122 Å². The molecular formula is C71H70N16O8S4. The summed E-state index contributed by atoms with van der Waals surface area (Å²) in [6.45, 7) is 23.5. The molecule has 0 aliphatic heterocycles. The van der Waals surface area contributed by atoms with Gasteiger partial charge in [0.25, 0.3) is 0 Å². The highest BCUT2D eigenvalue weighted by atomic mass is 32.1. The van der Waals surface area contributed by atoms with Gasteiger partial charge in [-0.3, -0.25) is 0 Å². The number of carbonyl (C=O) groups excluding carboxylic acids is 2. The molecule has 0 atom stereocenters. The van der Waals surface area contributed by atoms with Crippen LogP contribution in [0.1, 0.15) is 113 Å². The average Bonchev–Trinajstić information content (AvgIpc) is 1.74. The van der Waals surface area contributed by atoms with Gasteiger partial charge in [-0.2, -0.15) is 0 Å². The molecule has 6 N–H and O–H groups in total. The van der Waals surface area contributed by atoms with Crippen LogP contribution in [0.25, 0.3) is 42.8 Å². The fourth-order valence-corrected chi connectivity index (χ4v) is 13.7. The summed E-state index contributed by atoms with van der Waals surface area (Å²) in [6.07, 6.45) is 7.32. The van der Waals surface area contributed by atoms with E-state index in [9.17, 15) is 19.2 Å². The van der Waals surface area contributed by atoms with Crippen LogP contribution < -0.4 is 21.3 Å². The van der Waals surface area contributed by atoms with Gasteiger partial charge in [0.05, 0.1) is 25.6 Å². The van der Waals surface area contributed by atoms with Crippen molar-refractivity contribution in [2.24, 2.45) is 0 Å². The molecule has 0 radical (unpaired) electrons. The summed E-state index contributed by atoms with van der Waals surface area (Å²) in [5.74, 6) is -0.952. The molecule has 12 rings (SSSR count). The van der Waals surface area contributed by atoms with Crippen molar-refractivity contribution in [2.75, 3.05) is 35.5 Å². The second kappa shape index (κ2) is 32.7. The first kappa shape index (κ1) is 72.1. The summed E-state index contributed by atoms with van der Waals surface area (Å²) in [5, 5.41) is 33.5. The Morgan fingerprint density at radius 1 is 0.374 bits per heavy atom. The zero-order chi connectivity index (χ0) is 71.2. The summed E-state index contributed by atoms with van der Waals surface area (Å²) < 4.78 is 9.59. The predicted molar refractivity (Wildman–Crippen MR) is 390 cm³/mol. The zero-order valence-electron chi connectivity index (χ0n) is 56.6. The van der Waals surface area contributed by atoms with Crippen LogP contribution in [-0.4, -0.2) is 108 Å². The van der Waals surface area contributed by atoms with Crippen molar-refractivity contribution >= 4 is 116 Å². The summed E-state index contributed by atoms with van der Waals surface area (Å²) in [7, 11) is 2.72. The summed E-state index contributed by atoms with van der Waals surface area (Å²) in [4.78, 5) is 100. The minimum absolute atomic E-state index is 0.0671. The molecule has 0 amide bonds. The Labute approximate surface area is 587 Å². The second-order valence-electron chi connectivity index (χ2n) is 22.6. The molecule has 0 fully saturated rings. The Balaban J connectivity index is 0.000000154. The summed E-state index contributed by atoms with van der Waals surface area (Å²) in [6, 6.07) is 31.6. The van der Waals surface area contributed by atoms with E-state index in [-0.39, 0.29) is 16.5 Å². The third kappa shape index (κ3) is 19.5. The molecule has 0 saturated heterocycles. The molecule has 0 saturated carbocycles. The number of rotatable bonds is 17. The fourth-order valence-electron chi connectivity index (χ4n) is 10.0. The first-order chi connectivity index (χ1) is 47.3. The molecule has 0 bridgehead atoms. The van der Waals surface area contributed by atoms with Gasteiger partial charge in [0.1, 0.15) is 52.6 Å². The van der Waals surface area contributed by atoms with Crippen LogP contribution in [-0.2, 0) is 15.9 Å². The summed E-state index contributed by atoms with van der Waals surface area (Å²) in [5.41, 5.74) is 17.0. The van der Waals surface area contributed by atoms with Gasteiger partial charge in [-0.1, -0.05) is 31.2 Å².